The van der Waals surface area contributed by atoms with E-state index in [-0.39, 0.29) is 5.91 Å². The highest BCUT2D eigenvalue weighted by Gasteiger charge is 2.26. The van der Waals surface area contributed by atoms with Gasteiger partial charge in [-0.2, -0.15) is 5.10 Å². The lowest BCUT2D eigenvalue weighted by Gasteiger charge is -2.26. The Labute approximate surface area is 153 Å². The number of carbonyl (C=O) groups is 1. The molecule has 0 radical (unpaired) electrons. The molecule has 0 atom stereocenters. The van der Waals surface area contributed by atoms with Gasteiger partial charge >= 0.3 is 0 Å². The molecule has 0 aromatic carbocycles. The van der Waals surface area contributed by atoms with E-state index in [1.807, 2.05) is 11.3 Å². The highest BCUT2D eigenvalue weighted by molar-refractivity contribution is 7.12. The van der Waals surface area contributed by atoms with Crippen LogP contribution >= 0.6 is 11.3 Å². The molecule has 3 heterocycles. The number of aromatic amines is 1. The molecule has 4 rings (SSSR count). The van der Waals surface area contributed by atoms with Gasteiger partial charge in [-0.3, -0.25) is 14.8 Å². The van der Waals surface area contributed by atoms with E-state index < -0.39 is 0 Å². The van der Waals surface area contributed by atoms with Crippen molar-refractivity contribution in [2.75, 3.05) is 20.6 Å². The molecule has 2 aliphatic rings. The molecule has 2 aromatic heterocycles. The van der Waals surface area contributed by atoms with Crippen molar-refractivity contribution >= 4 is 17.2 Å². The summed E-state index contributed by atoms with van der Waals surface area (Å²) in [4.78, 5) is 19.4. The summed E-state index contributed by atoms with van der Waals surface area (Å²) in [5, 5.41) is 7.34. The summed E-state index contributed by atoms with van der Waals surface area (Å²) in [6.45, 7) is 2.79. The van der Waals surface area contributed by atoms with Gasteiger partial charge in [-0.05, 0) is 30.9 Å². The lowest BCUT2D eigenvalue weighted by Crippen LogP contribution is -2.31. The van der Waals surface area contributed by atoms with Gasteiger partial charge in [-0.15, -0.1) is 11.3 Å². The Kier molecular flexibility index (Phi) is 4.65. The molecule has 0 bridgehead atoms. The molecule has 0 spiro atoms. The smallest absolute Gasteiger partial charge is 0.274 e. The molecule has 1 N–H and O–H groups in total. The Bertz CT molecular complexity index is 757. The number of hydrogen-bond acceptors (Lipinski definition) is 4. The van der Waals surface area contributed by atoms with Crippen LogP contribution in [0.4, 0.5) is 0 Å². The third kappa shape index (κ3) is 3.37. The molecule has 0 saturated heterocycles. The summed E-state index contributed by atoms with van der Waals surface area (Å²) >= 11 is 1.98. The zero-order valence-corrected chi connectivity index (χ0v) is 15.9. The molecule has 1 aliphatic carbocycles. The third-order valence-electron chi connectivity index (χ3n) is 5.44. The summed E-state index contributed by atoms with van der Waals surface area (Å²) in [7, 11) is 3.56. The Morgan fingerprint density at radius 1 is 1.36 bits per heavy atom. The van der Waals surface area contributed by atoms with Gasteiger partial charge in [-0.1, -0.05) is 12.8 Å². The van der Waals surface area contributed by atoms with Crippen LogP contribution in [0.15, 0.2) is 12.1 Å². The van der Waals surface area contributed by atoms with E-state index in [0.717, 1.165) is 43.2 Å². The maximum Gasteiger partial charge on any atom is 0.274 e. The largest absolute Gasteiger partial charge is 0.343 e. The zero-order chi connectivity index (χ0) is 17.4. The minimum Gasteiger partial charge on any atom is -0.343 e. The lowest BCUT2D eigenvalue weighted by molar-refractivity contribution is 0.0819. The van der Waals surface area contributed by atoms with E-state index in [1.54, 1.807) is 23.9 Å². The fourth-order valence-corrected chi connectivity index (χ4v) is 5.23. The molecule has 25 heavy (non-hydrogen) atoms. The Morgan fingerprint density at radius 3 is 2.92 bits per heavy atom. The molecule has 1 aliphatic heterocycles. The van der Waals surface area contributed by atoms with E-state index in [0.29, 0.717) is 5.69 Å². The third-order valence-corrected chi connectivity index (χ3v) is 6.67. The molecule has 1 fully saturated rings. The van der Waals surface area contributed by atoms with Gasteiger partial charge in [0.25, 0.3) is 5.91 Å². The molecular formula is C19H26N4OS. The van der Waals surface area contributed by atoms with Crippen LogP contribution in [0.1, 0.15) is 63.1 Å². The van der Waals surface area contributed by atoms with Gasteiger partial charge in [0.05, 0.1) is 0 Å². The van der Waals surface area contributed by atoms with E-state index in [1.165, 1.54) is 30.6 Å². The fraction of sp³-hybridized carbons (Fsp3) is 0.579. The standard InChI is InChI=1S/C19H26N4OS/c1-22(2)19(24)18-15-12-23(10-9-16(15)20-21-18)11-14-7-8-17(25-14)13-5-3-4-6-13/h7-8,13H,3-6,9-12H2,1-2H3,(H,20,21). The normalized spacial score (nSPS) is 18.5. The molecule has 1 saturated carbocycles. The Balaban J connectivity index is 1.45. The summed E-state index contributed by atoms with van der Waals surface area (Å²) in [6.07, 6.45) is 6.42. The van der Waals surface area contributed by atoms with Crippen molar-refractivity contribution in [3.63, 3.8) is 0 Å². The van der Waals surface area contributed by atoms with Crippen molar-refractivity contribution in [1.82, 2.24) is 20.0 Å². The second-order valence-electron chi connectivity index (χ2n) is 7.48. The van der Waals surface area contributed by atoms with Crippen molar-refractivity contribution in [3.05, 3.63) is 38.8 Å². The quantitative estimate of drug-likeness (QED) is 0.911. The summed E-state index contributed by atoms with van der Waals surface area (Å²) in [5.74, 6) is 0.781. The van der Waals surface area contributed by atoms with Crippen LogP contribution in [0.5, 0.6) is 0 Å². The van der Waals surface area contributed by atoms with Gasteiger partial charge in [0.15, 0.2) is 5.69 Å². The first-order chi connectivity index (χ1) is 12.1. The van der Waals surface area contributed by atoms with Gasteiger partial charge in [-0.25, -0.2) is 0 Å². The van der Waals surface area contributed by atoms with Crippen molar-refractivity contribution in [3.8, 4) is 0 Å². The number of nitrogens with one attached hydrogen (secondary N) is 1. The number of hydrogen-bond donors (Lipinski definition) is 1. The first kappa shape index (κ1) is 16.8. The predicted molar refractivity (Wildman–Crippen MR) is 100.0 cm³/mol. The summed E-state index contributed by atoms with van der Waals surface area (Å²) in [6, 6.07) is 4.64. The van der Waals surface area contributed by atoms with Gasteiger partial charge in [0.2, 0.25) is 0 Å². The van der Waals surface area contributed by atoms with E-state index in [4.69, 9.17) is 0 Å². The average molecular weight is 359 g/mol. The van der Waals surface area contributed by atoms with E-state index >= 15 is 0 Å². The number of rotatable bonds is 4. The Hall–Kier alpha value is -1.66. The highest BCUT2D eigenvalue weighted by Crippen LogP contribution is 2.38. The van der Waals surface area contributed by atoms with Crippen LogP contribution in [0.3, 0.4) is 0 Å². The molecule has 6 heteroatoms. The van der Waals surface area contributed by atoms with E-state index in [2.05, 4.69) is 27.2 Å². The zero-order valence-electron chi connectivity index (χ0n) is 15.0. The molecule has 2 aromatic rings. The fourth-order valence-electron chi connectivity index (χ4n) is 4.00. The molecule has 1 amide bonds. The first-order valence-corrected chi connectivity index (χ1v) is 10.0. The van der Waals surface area contributed by atoms with Gasteiger partial charge in [0.1, 0.15) is 0 Å². The number of H-pyrrole nitrogens is 1. The number of carbonyl (C=O) groups excluding carboxylic acids is 1. The maximum atomic E-state index is 12.3. The second-order valence-corrected chi connectivity index (χ2v) is 8.67. The van der Waals surface area contributed by atoms with Crippen molar-refractivity contribution in [2.45, 2.75) is 51.1 Å². The SMILES string of the molecule is CN(C)C(=O)c1n[nH]c2c1CN(Cc1ccc(C3CCCC3)s1)CC2. The molecule has 0 unspecified atom stereocenters. The minimum atomic E-state index is -0.0148. The second kappa shape index (κ2) is 6.92. The predicted octanol–water partition coefficient (Wildman–Crippen LogP) is 3.39. The number of thiophene rings is 1. The summed E-state index contributed by atoms with van der Waals surface area (Å²) < 4.78 is 0. The first-order valence-electron chi connectivity index (χ1n) is 9.20. The molecule has 5 nitrogen and oxygen atoms in total. The molecular weight excluding hydrogens is 332 g/mol. The van der Waals surface area contributed by atoms with Gasteiger partial charge < -0.3 is 4.90 Å². The average Bonchev–Trinajstić information content (AvgIpc) is 3.34. The van der Waals surface area contributed by atoms with Crippen LogP contribution < -0.4 is 0 Å². The van der Waals surface area contributed by atoms with Crippen LogP contribution in [-0.4, -0.2) is 46.5 Å². The maximum absolute atomic E-state index is 12.3. The Morgan fingerprint density at radius 2 is 2.16 bits per heavy atom. The lowest BCUT2D eigenvalue weighted by atomic mass is 10.0. The van der Waals surface area contributed by atoms with Crippen molar-refractivity contribution < 1.29 is 4.79 Å². The monoisotopic (exact) mass is 358 g/mol. The van der Waals surface area contributed by atoms with Crippen LogP contribution in [-0.2, 0) is 19.5 Å². The van der Waals surface area contributed by atoms with Crippen LogP contribution in [0, 0.1) is 0 Å². The van der Waals surface area contributed by atoms with E-state index in [9.17, 15) is 4.79 Å². The van der Waals surface area contributed by atoms with Crippen molar-refractivity contribution in [2.24, 2.45) is 0 Å². The highest BCUT2D eigenvalue weighted by atomic mass is 32.1. The summed E-state index contributed by atoms with van der Waals surface area (Å²) in [5.41, 5.74) is 2.79. The van der Waals surface area contributed by atoms with Crippen molar-refractivity contribution in [1.29, 1.82) is 0 Å². The number of amides is 1. The molecule has 134 valence electrons. The topological polar surface area (TPSA) is 52.2 Å². The van der Waals surface area contributed by atoms with Crippen LogP contribution in [0.25, 0.3) is 0 Å². The number of fused-ring (bicyclic) bond motifs is 1. The number of nitrogens with zero attached hydrogens (tertiary/aromatic N) is 3. The number of aromatic nitrogens is 2. The minimum absolute atomic E-state index is 0.0148. The van der Waals surface area contributed by atoms with Crippen LogP contribution in [0.2, 0.25) is 0 Å². The van der Waals surface area contributed by atoms with Gasteiger partial charge in [0, 0.05) is 61.2 Å².